The van der Waals surface area contributed by atoms with Gasteiger partial charge in [-0.25, -0.2) is 0 Å². The van der Waals surface area contributed by atoms with Gasteiger partial charge in [0.2, 0.25) is 0 Å². The molecule has 1 aromatic rings. The summed E-state index contributed by atoms with van der Waals surface area (Å²) in [7, 11) is 0. The molecule has 0 atom stereocenters. The first-order chi connectivity index (χ1) is 4.83. The Hall–Kier alpha value is -0.890. The number of benzene rings is 1. The van der Waals surface area contributed by atoms with Gasteiger partial charge in [0.15, 0.2) is 0 Å². The third kappa shape index (κ3) is 1.81. The Labute approximate surface area is 66.1 Å². The number of hydrogen-bond donors (Lipinski definition) is 1. The summed E-state index contributed by atoms with van der Waals surface area (Å²) in [5.74, 6) is 0. The maximum Gasteiger partial charge on any atom is 0.0658 e. The highest BCUT2D eigenvalue weighted by molar-refractivity contribution is 7.79. The van der Waals surface area contributed by atoms with Gasteiger partial charge in [-0.1, -0.05) is 29.9 Å². The molecular formula is C8H9NS. The van der Waals surface area contributed by atoms with Gasteiger partial charge in [-0.3, -0.25) is 0 Å². The molecule has 0 amide bonds. The number of nitrogens with one attached hydrogen (secondary N) is 1. The third-order valence-electron chi connectivity index (χ3n) is 1.28. The Morgan fingerprint density at radius 2 is 1.90 bits per heavy atom. The molecule has 1 aromatic carbocycles. The minimum absolute atomic E-state index is 1.04. The Morgan fingerprint density at radius 1 is 1.30 bits per heavy atom. The Kier molecular flexibility index (Phi) is 2.40. The van der Waals surface area contributed by atoms with Crippen LogP contribution in [0.1, 0.15) is 5.56 Å². The van der Waals surface area contributed by atoms with E-state index in [0.717, 1.165) is 5.69 Å². The molecule has 0 fully saturated rings. The van der Waals surface area contributed by atoms with Gasteiger partial charge < -0.3 is 5.32 Å². The lowest BCUT2D eigenvalue weighted by Gasteiger charge is -1.97. The van der Waals surface area contributed by atoms with E-state index in [1.54, 1.807) is 0 Å². The normalized spacial score (nSPS) is 8.90. The first-order valence-electron chi connectivity index (χ1n) is 3.10. The van der Waals surface area contributed by atoms with Gasteiger partial charge in [0.25, 0.3) is 0 Å². The van der Waals surface area contributed by atoms with Crippen LogP contribution in [0.4, 0.5) is 5.69 Å². The molecular weight excluding hydrogens is 142 g/mol. The average molecular weight is 151 g/mol. The fraction of sp³-hybridized carbons (Fsp3) is 0.125. The molecule has 0 aliphatic carbocycles. The lowest BCUT2D eigenvalue weighted by atomic mass is 10.2. The zero-order valence-corrected chi connectivity index (χ0v) is 6.61. The van der Waals surface area contributed by atoms with Crippen molar-refractivity contribution in [3.63, 3.8) is 0 Å². The number of hydrogen-bond acceptors (Lipinski definition) is 1. The van der Waals surface area contributed by atoms with Gasteiger partial charge in [-0.2, -0.15) is 0 Å². The summed E-state index contributed by atoms with van der Waals surface area (Å²) in [4.78, 5) is 0. The molecule has 0 heterocycles. The molecule has 0 aliphatic heterocycles. The summed E-state index contributed by atoms with van der Waals surface area (Å²) >= 11 is 4.63. The molecule has 0 bridgehead atoms. The lowest BCUT2D eigenvalue weighted by molar-refractivity contribution is 1.47. The topological polar surface area (TPSA) is 12.0 Å². The SMILES string of the molecule is Cc1ccc(NC=S)cc1. The van der Waals surface area contributed by atoms with Crippen LogP contribution < -0.4 is 5.32 Å². The summed E-state index contributed by atoms with van der Waals surface area (Å²) in [6.45, 7) is 2.06. The van der Waals surface area contributed by atoms with Crippen LogP contribution in [0, 0.1) is 6.92 Å². The van der Waals surface area contributed by atoms with Crippen molar-refractivity contribution in [1.29, 1.82) is 0 Å². The smallest absolute Gasteiger partial charge is 0.0658 e. The molecule has 0 spiro atoms. The van der Waals surface area contributed by atoms with Gasteiger partial charge in [0.05, 0.1) is 5.49 Å². The van der Waals surface area contributed by atoms with Gasteiger partial charge in [-0.05, 0) is 19.1 Å². The molecule has 0 aliphatic rings. The highest BCUT2D eigenvalue weighted by Gasteiger charge is 1.85. The molecule has 1 nitrogen and oxygen atoms in total. The highest BCUT2D eigenvalue weighted by Crippen LogP contribution is 2.06. The van der Waals surface area contributed by atoms with E-state index < -0.39 is 0 Å². The van der Waals surface area contributed by atoms with Gasteiger partial charge in [0, 0.05) is 5.69 Å². The molecule has 1 N–H and O–H groups in total. The number of rotatable bonds is 2. The van der Waals surface area contributed by atoms with E-state index in [0.29, 0.717) is 0 Å². The van der Waals surface area contributed by atoms with Crippen molar-refractivity contribution in [2.24, 2.45) is 0 Å². The average Bonchev–Trinajstić information content (AvgIpc) is 1.95. The first-order valence-corrected chi connectivity index (χ1v) is 3.57. The summed E-state index contributed by atoms with van der Waals surface area (Å²) in [5.41, 5.74) is 3.81. The number of thiocarbonyl (C=S) groups is 1. The van der Waals surface area contributed by atoms with Gasteiger partial charge in [-0.15, -0.1) is 0 Å². The van der Waals surface area contributed by atoms with Crippen LogP contribution in [-0.4, -0.2) is 5.49 Å². The molecule has 52 valence electrons. The van der Waals surface area contributed by atoms with Crippen molar-refractivity contribution < 1.29 is 0 Å². The second kappa shape index (κ2) is 3.32. The van der Waals surface area contributed by atoms with Crippen LogP contribution in [0.25, 0.3) is 0 Å². The van der Waals surface area contributed by atoms with Crippen molar-refractivity contribution in [2.45, 2.75) is 6.92 Å². The van der Waals surface area contributed by atoms with Crippen LogP contribution in [0.5, 0.6) is 0 Å². The Balaban J connectivity index is 2.78. The molecule has 1 rings (SSSR count). The maximum absolute atomic E-state index is 4.63. The summed E-state index contributed by atoms with van der Waals surface area (Å²) in [6.07, 6.45) is 0. The first kappa shape index (κ1) is 7.22. The zero-order valence-electron chi connectivity index (χ0n) is 5.79. The molecule has 0 unspecified atom stereocenters. The van der Waals surface area contributed by atoms with Crippen LogP contribution >= 0.6 is 12.2 Å². The molecule has 10 heavy (non-hydrogen) atoms. The molecule has 0 saturated heterocycles. The minimum atomic E-state index is 1.04. The van der Waals surface area contributed by atoms with E-state index in [1.165, 1.54) is 11.1 Å². The van der Waals surface area contributed by atoms with Crippen molar-refractivity contribution in [1.82, 2.24) is 0 Å². The van der Waals surface area contributed by atoms with Crippen LogP contribution in [0.2, 0.25) is 0 Å². The van der Waals surface area contributed by atoms with E-state index in [4.69, 9.17) is 0 Å². The summed E-state index contributed by atoms with van der Waals surface area (Å²) in [5, 5.41) is 2.92. The fourth-order valence-electron chi connectivity index (χ4n) is 0.718. The lowest BCUT2D eigenvalue weighted by Crippen LogP contribution is -1.90. The highest BCUT2D eigenvalue weighted by atomic mass is 32.1. The van der Waals surface area contributed by atoms with Crippen molar-refractivity contribution in [2.75, 3.05) is 5.32 Å². The van der Waals surface area contributed by atoms with E-state index in [1.807, 2.05) is 24.3 Å². The zero-order chi connectivity index (χ0) is 7.40. The standard InChI is InChI=1S/C8H9NS/c1-7-2-4-8(5-3-7)9-6-10/h2-6H,1H3,(H,9,10). The van der Waals surface area contributed by atoms with Crippen LogP contribution in [-0.2, 0) is 0 Å². The van der Waals surface area contributed by atoms with Gasteiger partial charge >= 0.3 is 0 Å². The van der Waals surface area contributed by atoms with Crippen LogP contribution in [0.3, 0.4) is 0 Å². The monoisotopic (exact) mass is 151 g/mol. The summed E-state index contributed by atoms with van der Waals surface area (Å²) < 4.78 is 0. The predicted octanol–water partition coefficient (Wildman–Crippen LogP) is 2.36. The second-order valence-electron chi connectivity index (χ2n) is 2.13. The Bertz CT molecular complexity index is 215. The van der Waals surface area contributed by atoms with Crippen molar-refractivity contribution in [3.05, 3.63) is 29.8 Å². The van der Waals surface area contributed by atoms with Gasteiger partial charge in [0.1, 0.15) is 0 Å². The van der Waals surface area contributed by atoms with Crippen LogP contribution in [0.15, 0.2) is 24.3 Å². The number of anilines is 1. The van der Waals surface area contributed by atoms with E-state index in [-0.39, 0.29) is 0 Å². The van der Waals surface area contributed by atoms with E-state index in [9.17, 15) is 0 Å². The van der Waals surface area contributed by atoms with Crippen molar-refractivity contribution in [3.8, 4) is 0 Å². The van der Waals surface area contributed by atoms with Crippen molar-refractivity contribution >= 4 is 23.4 Å². The second-order valence-corrected chi connectivity index (χ2v) is 2.36. The number of aryl methyl sites for hydroxylation is 1. The molecule has 0 radical (unpaired) electrons. The molecule has 2 heteroatoms. The predicted molar refractivity (Wildman–Crippen MR) is 48.5 cm³/mol. The van der Waals surface area contributed by atoms with E-state index in [2.05, 4.69) is 24.5 Å². The fourth-order valence-corrected chi connectivity index (χ4v) is 0.854. The third-order valence-corrected chi connectivity index (χ3v) is 1.40. The molecule has 0 saturated carbocycles. The Morgan fingerprint density at radius 3 is 2.40 bits per heavy atom. The minimum Gasteiger partial charge on any atom is -0.353 e. The van der Waals surface area contributed by atoms with E-state index >= 15 is 0 Å². The largest absolute Gasteiger partial charge is 0.353 e. The molecule has 0 aromatic heterocycles. The quantitative estimate of drug-likeness (QED) is 0.651. The maximum atomic E-state index is 4.63. The summed E-state index contributed by atoms with van der Waals surface area (Å²) in [6, 6.07) is 8.08.